The lowest BCUT2D eigenvalue weighted by molar-refractivity contribution is 0.601. The molecule has 122 valence electrons. The largest absolute Gasteiger partial charge is 0.339 e. The molecule has 0 amide bonds. The van der Waals surface area contributed by atoms with Gasteiger partial charge in [0.25, 0.3) is 10.0 Å². The van der Waals surface area contributed by atoms with Gasteiger partial charge in [0, 0.05) is 11.4 Å². The van der Waals surface area contributed by atoms with Crippen molar-refractivity contribution in [3.05, 3.63) is 72.4 Å². The van der Waals surface area contributed by atoms with Crippen molar-refractivity contribution in [2.24, 2.45) is 0 Å². The summed E-state index contributed by atoms with van der Waals surface area (Å²) in [5.74, 6) is 0.623. The zero-order chi connectivity index (χ0) is 17.0. The Morgan fingerprint density at radius 3 is 2.08 bits per heavy atom. The highest BCUT2D eigenvalue weighted by atomic mass is 32.2. The summed E-state index contributed by atoms with van der Waals surface area (Å²) >= 11 is 0. The molecule has 0 spiro atoms. The second kappa shape index (κ2) is 6.67. The van der Waals surface area contributed by atoms with E-state index >= 15 is 0 Å². The molecule has 0 fully saturated rings. The molecule has 0 saturated heterocycles. The highest BCUT2D eigenvalue weighted by Crippen LogP contribution is 2.20. The average molecular weight is 340 g/mol. The molecule has 6 nitrogen and oxygen atoms in total. The van der Waals surface area contributed by atoms with Crippen molar-refractivity contribution in [2.45, 2.75) is 11.8 Å². The van der Waals surface area contributed by atoms with E-state index in [0.717, 1.165) is 11.4 Å². The Labute approximate surface area is 140 Å². The molecular formula is C17H16N4O2S. The van der Waals surface area contributed by atoms with E-state index in [1.807, 2.05) is 19.1 Å². The molecule has 3 aromatic rings. The van der Waals surface area contributed by atoms with Crippen molar-refractivity contribution in [3.63, 3.8) is 0 Å². The number of aryl methyl sites for hydroxylation is 1. The Kier molecular flexibility index (Phi) is 4.43. The minimum absolute atomic E-state index is 0.224. The lowest BCUT2D eigenvalue weighted by atomic mass is 10.3. The lowest BCUT2D eigenvalue weighted by Gasteiger charge is -2.09. The van der Waals surface area contributed by atoms with Crippen LogP contribution in [0.3, 0.4) is 0 Å². The molecule has 0 unspecified atom stereocenters. The van der Waals surface area contributed by atoms with Gasteiger partial charge in [-0.1, -0.05) is 18.2 Å². The van der Waals surface area contributed by atoms with Gasteiger partial charge < -0.3 is 5.32 Å². The molecule has 0 radical (unpaired) electrons. The third kappa shape index (κ3) is 3.88. The SMILES string of the molecule is Cc1ccc(Nc2ccc(NS(=O)(=O)c3ccccc3)cc2)nn1. The van der Waals surface area contributed by atoms with Gasteiger partial charge in [-0.3, -0.25) is 4.72 Å². The molecule has 7 heteroatoms. The van der Waals surface area contributed by atoms with Gasteiger partial charge in [0.1, 0.15) is 0 Å². The van der Waals surface area contributed by atoms with E-state index in [4.69, 9.17) is 0 Å². The Hall–Kier alpha value is -2.93. The van der Waals surface area contributed by atoms with E-state index in [9.17, 15) is 8.42 Å². The molecule has 24 heavy (non-hydrogen) atoms. The number of hydrogen-bond donors (Lipinski definition) is 2. The molecule has 2 N–H and O–H groups in total. The van der Waals surface area contributed by atoms with Crippen LogP contribution in [0, 0.1) is 6.92 Å². The van der Waals surface area contributed by atoms with Crippen molar-refractivity contribution < 1.29 is 8.42 Å². The van der Waals surface area contributed by atoms with Crippen molar-refractivity contribution in [2.75, 3.05) is 10.0 Å². The maximum absolute atomic E-state index is 12.3. The van der Waals surface area contributed by atoms with E-state index < -0.39 is 10.0 Å². The normalized spacial score (nSPS) is 11.0. The Morgan fingerprint density at radius 1 is 0.792 bits per heavy atom. The molecular weight excluding hydrogens is 324 g/mol. The molecule has 1 aromatic heterocycles. The minimum Gasteiger partial charge on any atom is -0.339 e. The zero-order valence-corrected chi connectivity index (χ0v) is 13.8. The summed E-state index contributed by atoms with van der Waals surface area (Å²) in [7, 11) is -3.58. The Bertz CT molecular complexity index is 909. The van der Waals surface area contributed by atoms with Crippen LogP contribution in [0.1, 0.15) is 5.69 Å². The summed E-state index contributed by atoms with van der Waals surface area (Å²) in [6.07, 6.45) is 0. The molecule has 0 bridgehead atoms. The number of sulfonamides is 1. The topological polar surface area (TPSA) is 84.0 Å². The van der Waals surface area contributed by atoms with Crippen molar-refractivity contribution in [3.8, 4) is 0 Å². The molecule has 0 atom stereocenters. The summed E-state index contributed by atoms with van der Waals surface area (Å²) in [5, 5.41) is 11.1. The fourth-order valence-corrected chi connectivity index (χ4v) is 3.13. The smallest absolute Gasteiger partial charge is 0.261 e. The van der Waals surface area contributed by atoms with Gasteiger partial charge in [-0.05, 0) is 55.5 Å². The molecule has 2 aromatic carbocycles. The van der Waals surface area contributed by atoms with Crippen LogP contribution in [0.2, 0.25) is 0 Å². The first-order valence-electron chi connectivity index (χ1n) is 7.28. The summed E-state index contributed by atoms with van der Waals surface area (Å²) in [6, 6.07) is 18.8. The highest BCUT2D eigenvalue weighted by molar-refractivity contribution is 7.92. The predicted molar refractivity (Wildman–Crippen MR) is 93.7 cm³/mol. The molecule has 0 aliphatic heterocycles. The van der Waals surface area contributed by atoms with Gasteiger partial charge >= 0.3 is 0 Å². The van der Waals surface area contributed by atoms with Gasteiger partial charge in [0.2, 0.25) is 0 Å². The summed E-state index contributed by atoms with van der Waals surface area (Å²) < 4.78 is 27.1. The van der Waals surface area contributed by atoms with E-state index in [0.29, 0.717) is 11.5 Å². The van der Waals surface area contributed by atoms with Crippen LogP contribution >= 0.6 is 0 Å². The third-order valence-electron chi connectivity index (χ3n) is 3.26. The third-order valence-corrected chi connectivity index (χ3v) is 4.66. The van der Waals surface area contributed by atoms with Crippen LogP contribution < -0.4 is 10.0 Å². The van der Waals surface area contributed by atoms with E-state index in [-0.39, 0.29) is 4.90 Å². The lowest BCUT2D eigenvalue weighted by Crippen LogP contribution is -2.12. The second-order valence-corrected chi connectivity index (χ2v) is 6.86. The molecule has 0 aliphatic carbocycles. The number of benzene rings is 2. The Balaban J connectivity index is 1.72. The zero-order valence-electron chi connectivity index (χ0n) is 13.0. The maximum Gasteiger partial charge on any atom is 0.261 e. The Morgan fingerprint density at radius 2 is 1.46 bits per heavy atom. The van der Waals surface area contributed by atoms with Crippen molar-refractivity contribution in [1.29, 1.82) is 0 Å². The first-order valence-corrected chi connectivity index (χ1v) is 8.76. The van der Waals surface area contributed by atoms with Crippen LogP contribution in [0.4, 0.5) is 17.2 Å². The standard InChI is InChI=1S/C17H16N4O2S/c1-13-7-12-17(20-19-13)18-14-8-10-15(11-9-14)21-24(22,23)16-5-3-2-4-6-16/h2-12,21H,1H3,(H,18,20). The summed E-state index contributed by atoms with van der Waals surface area (Å²) in [4.78, 5) is 0.224. The van der Waals surface area contributed by atoms with Crippen LogP contribution in [-0.2, 0) is 10.0 Å². The van der Waals surface area contributed by atoms with Gasteiger partial charge in [-0.15, -0.1) is 5.10 Å². The van der Waals surface area contributed by atoms with Crippen molar-refractivity contribution in [1.82, 2.24) is 10.2 Å². The molecule has 3 rings (SSSR count). The number of anilines is 3. The maximum atomic E-state index is 12.3. The monoisotopic (exact) mass is 340 g/mol. The summed E-state index contributed by atoms with van der Waals surface area (Å²) in [5.41, 5.74) is 2.11. The van der Waals surface area contributed by atoms with E-state index in [1.165, 1.54) is 0 Å². The first kappa shape index (κ1) is 15.9. The number of nitrogens with zero attached hydrogens (tertiary/aromatic N) is 2. The molecule has 0 saturated carbocycles. The summed E-state index contributed by atoms with van der Waals surface area (Å²) in [6.45, 7) is 1.87. The second-order valence-electron chi connectivity index (χ2n) is 5.18. The molecule has 1 heterocycles. The number of rotatable bonds is 5. The van der Waals surface area contributed by atoms with Crippen LogP contribution in [0.15, 0.2) is 71.6 Å². The van der Waals surface area contributed by atoms with Gasteiger partial charge in [-0.25, -0.2) is 8.42 Å². The van der Waals surface area contributed by atoms with Crippen molar-refractivity contribution >= 4 is 27.2 Å². The highest BCUT2D eigenvalue weighted by Gasteiger charge is 2.13. The predicted octanol–water partition coefficient (Wildman–Crippen LogP) is 3.33. The van der Waals surface area contributed by atoms with Gasteiger partial charge in [0.15, 0.2) is 5.82 Å². The number of aromatic nitrogens is 2. The van der Waals surface area contributed by atoms with Crippen LogP contribution in [0.25, 0.3) is 0 Å². The molecule has 0 aliphatic rings. The average Bonchev–Trinajstić information content (AvgIpc) is 2.59. The van der Waals surface area contributed by atoms with Gasteiger partial charge in [-0.2, -0.15) is 5.10 Å². The fourth-order valence-electron chi connectivity index (χ4n) is 2.05. The van der Waals surface area contributed by atoms with Crippen LogP contribution in [0.5, 0.6) is 0 Å². The van der Waals surface area contributed by atoms with Crippen LogP contribution in [-0.4, -0.2) is 18.6 Å². The first-order chi connectivity index (χ1) is 11.5. The minimum atomic E-state index is -3.58. The van der Waals surface area contributed by atoms with Gasteiger partial charge in [0.05, 0.1) is 10.6 Å². The fraction of sp³-hybridized carbons (Fsp3) is 0.0588. The van der Waals surface area contributed by atoms with E-state index in [1.54, 1.807) is 54.6 Å². The number of hydrogen-bond acceptors (Lipinski definition) is 5. The number of nitrogens with one attached hydrogen (secondary N) is 2. The van der Waals surface area contributed by atoms with E-state index in [2.05, 4.69) is 20.2 Å². The quantitative estimate of drug-likeness (QED) is 0.744.